The van der Waals surface area contributed by atoms with Crippen LogP contribution in [-0.4, -0.2) is 57.8 Å². The molecule has 2 atom stereocenters. The smallest absolute Gasteiger partial charge is 0.246 e. The van der Waals surface area contributed by atoms with E-state index in [0.29, 0.717) is 25.1 Å². The van der Waals surface area contributed by atoms with Crippen LogP contribution in [0.25, 0.3) is 0 Å². The fraction of sp³-hybridized carbons (Fsp3) is 0.538. The van der Waals surface area contributed by atoms with Crippen molar-refractivity contribution in [1.82, 2.24) is 20.2 Å². The van der Waals surface area contributed by atoms with Gasteiger partial charge in [-0.1, -0.05) is 0 Å². The molecule has 0 radical (unpaired) electrons. The fourth-order valence-electron chi connectivity index (χ4n) is 2.60. The van der Waals surface area contributed by atoms with Gasteiger partial charge in [0.15, 0.2) is 0 Å². The van der Waals surface area contributed by atoms with Crippen LogP contribution >= 0.6 is 0 Å². The highest BCUT2D eigenvalue weighted by Crippen LogP contribution is 2.18. The van der Waals surface area contributed by atoms with Gasteiger partial charge >= 0.3 is 0 Å². The van der Waals surface area contributed by atoms with Crippen molar-refractivity contribution in [2.75, 3.05) is 13.1 Å². The molecule has 9 nitrogen and oxygen atoms in total. The summed E-state index contributed by atoms with van der Waals surface area (Å²) in [5.41, 5.74) is 11.3. The van der Waals surface area contributed by atoms with Gasteiger partial charge in [0.2, 0.25) is 17.7 Å². The minimum Gasteiger partial charge on any atom is -0.368 e. The lowest BCUT2D eigenvalue weighted by Gasteiger charge is -2.27. The molecule has 1 saturated heterocycles. The Bertz CT molecular complexity index is 544. The summed E-state index contributed by atoms with van der Waals surface area (Å²) in [6.07, 6.45) is 4.56. The number of amides is 3. The highest BCUT2D eigenvalue weighted by atomic mass is 16.2. The van der Waals surface area contributed by atoms with E-state index in [2.05, 4.69) is 15.3 Å². The second kappa shape index (κ2) is 7.03. The Balaban J connectivity index is 2.14. The molecule has 1 fully saturated rings. The van der Waals surface area contributed by atoms with Gasteiger partial charge in [0.25, 0.3) is 0 Å². The predicted octanol–water partition coefficient (Wildman–Crippen LogP) is -2.13. The van der Waals surface area contributed by atoms with Gasteiger partial charge in [-0.25, -0.2) is 4.98 Å². The third kappa shape index (κ3) is 3.61. The van der Waals surface area contributed by atoms with E-state index in [0.717, 1.165) is 0 Å². The summed E-state index contributed by atoms with van der Waals surface area (Å²) in [6, 6.07) is -1.43. The van der Waals surface area contributed by atoms with E-state index < -0.39 is 23.9 Å². The molecule has 0 saturated carbocycles. The number of nitrogens with zero attached hydrogens (tertiary/aromatic N) is 2. The molecular formula is C13H20N6O3. The Labute approximate surface area is 127 Å². The standard InChI is InChI=1S/C13H20N6O3/c14-5-11(20)18-9(4-8-6-16-7-17-8)13(22)19-3-1-2-10(19)12(15)21/h6-7,9-10H,1-5,14H2,(H2,15,21)(H,16,17)(H,18,20). The molecule has 2 unspecified atom stereocenters. The third-order valence-corrected chi connectivity index (χ3v) is 3.66. The van der Waals surface area contributed by atoms with Crippen LogP contribution in [0.5, 0.6) is 0 Å². The first-order valence-electron chi connectivity index (χ1n) is 7.09. The van der Waals surface area contributed by atoms with Crippen LogP contribution in [0.3, 0.4) is 0 Å². The van der Waals surface area contributed by atoms with E-state index in [9.17, 15) is 14.4 Å². The molecule has 3 amide bonds. The topological polar surface area (TPSA) is 147 Å². The SMILES string of the molecule is NCC(=O)NC(Cc1cnc[nH]1)C(=O)N1CCCC1C(N)=O. The van der Waals surface area contributed by atoms with Crippen LogP contribution in [0.4, 0.5) is 0 Å². The van der Waals surface area contributed by atoms with E-state index >= 15 is 0 Å². The molecule has 0 spiro atoms. The van der Waals surface area contributed by atoms with Crippen molar-refractivity contribution in [2.45, 2.75) is 31.3 Å². The van der Waals surface area contributed by atoms with Gasteiger partial charge in [0, 0.05) is 24.9 Å². The molecule has 6 N–H and O–H groups in total. The first kappa shape index (κ1) is 16.0. The summed E-state index contributed by atoms with van der Waals surface area (Å²) in [4.78, 5) is 43.9. The molecule has 1 aliphatic rings. The van der Waals surface area contributed by atoms with Gasteiger partial charge < -0.3 is 26.7 Å². The van der Waals surface area contributed by atoms with Crippen molar-refractivity contribution in [1.29, 1.82) is 0 Å². The minimum absolute atomic E-state index is 0.216. The monoisotopic (exact) mass is 308 g/mol. The molecule has 2 heterocycles. The zero-order valence-corrected chi connectivity index (χ0v) is 12.1. The van der Waals surface area contributed by atoms with Crippen molar-refractivity contribution < 1.29 is 14.4 Å². The number of rotatable bonds is 6. The highest BCUT2D eigenvalue weighted by molar-refractivity contribution is 5.92. The molecule has 1 aliphatic heterocycles. The van der Waals surface area contributed by atoms with E-state index in [1.165, 1.54) is 11.2 Å². The normalized spacial score (nSPS) is 19.0. The van der Waals surface area contributed by atoms with Crippen molar-refractivity contribution in [2.24, 2.45) is 11.5 Å². The van der Waals surface area contributed by atoms with E-state index in [1.54, 1.807) is 6.20 Å². The number of hydrogen-bond acceptors (Lipinski definition) is 5. The summed E-state index contributed by atoms with van der Waals surface area (Å²) >= 11 is 0. The molecule has 0 aromatic carbocycles. The summed E-state index contributed by atoms with van der Waals surface area (Å²) < 4.78 is 0. The number of likely N-dealkylation sites (tertiary alicyclic amines) is 1. The summed E-state index contributed by atoms with van der Waals surface area (Å²) in [6.45, 7) is 0.233. The lowest BCUT2D eigenvalue weighted by molar-refractivity contribution is -0.140. The molecule has 0 aliphatic carbocycles. The maximum absolute atomic E-state index is 12.7. The van der Waals surface area contributed by atoms with Crippen molar-refractivity contribution in [3.8, 4) is 0 Å². The average molecular weight is 308 g/mol. The predicted molar refractivity (Wildman–Crippen MR) is 77.2 cm³/mol. The second-order valence-corrected chi connectivity index (χ2v) is 5.20. The summed E-state index contributed by atoms with van der Waals surface area (Å²) in [7, 11) is 0. The van der Waals surface area contributed by atoms with Crippen molar-refractivity contribution >= 4 is 17.7 Å². The minimum atomic E-state index is -0.809. The number of primary amides is 1. The first-order chi connectivity index (χ1) is 10.5. The maximum Gasteiger partial charge on any atom is 0.246 e. The Morgan fingerprint density at radius 3 is 2.86 bits per heavy atom. The van der Waals surface area contributed by atoms with Gasteiger partial charge in [0.1, 0.15) is 12.1 Å². The second-order valence-electron chi connectivity index (χ2n) is 5.20. The molecular weight excluding hydrogens is 288 g/mol. The number of carbonyl (C=O) groups is 3. The summed E-state index contributed by atoms with van der Waals surface area (Å²) in [5.74, 6) is -1.30. The van der Waals surface area contributed by atoms with Gasteiger partial charge in [-0.2, -0.15) is 0 Å². The lowest BCUT2D eigenvalue weighted by Crippen LogP contribution is -2.54. The largest absolute Gasteiger partial charge is 0.368 e. The maximum atomic E-state index is 12.7. The molecule has 1 aromatic rings. The number of aromatic amines is 1. The lowest BCUT2D eigenvalue weighted by atomic mass is 10.1. The molecule has 2 rings (SSSR count). The van der Waals surface area contributed by atoms with Crippen LogP contribution in [0.2, 0.25) is 0 Å². The molecule has 0 bridgehead atoms. The molecule has 1 aromatic heterocycles. The average Bonchev–Trinajstić information content (AvgIpc) is 3.16. The highest BCUT2D eigenvalue weighted by Gasteiger charge is 2.36. The van der Waals surface area contributed by atoms with Crippen LogP contribution in [-0.2, 0) is 20.8 Å². The summed E-state index contributed by atoms with van der Waals surface area (Å²) in [5, 5.41) is 2.59. The Kier molecular flexibility index (Phi) is 5.10. The zero-order chi connectivity index (χ0) is 16.1. The number of carbonyl (C=O) groups excluding carboxylic acids is 3. The number of imidazole rings is 1. The van der Waals surface area contributed by atoms with Crippen LogP contribution < -0.4 is 16.8 Å². The molecule has 120 valence electrons. The number of hydrogen-bond donors (Lipinski definition) is 4. The Morgan fingerprint density at radius 1 is 1.50 bits per heavy atom. The van der Waals surface area contributed by atoms with Gasteiger partial charge in [0.05, 0.1) is 12.9 Å². The Morgan fingerprint density at radius 2 is 2.27 bits per heavy atom. The number of nitrogens with one attached hydrogen (secondary N) is 2. The third-order valence-electron chi connectivity index (χ3n) is 3.66. The van der Waals surface area contributed by atoms with E-state index in [1.807, 2.05) is 0 Å². The van der Waals surface area contributed by atoms with Gasteiger partial charge in [-0.15, -0.1) is 0 Å². The van der Waals surface area contributed by atoms with E-state index in [-0.39, 0.29) is 18.9 Å². The number of aromatic nitrogens is 2. The molecule has 9 heteroatoms. The van der Waals surface area contributed by atoms with Gasteiger partial charge in [-0.3, -0.25) is 14.4 Å². The van der Waals surface area contributed by atoms with Crippen molar-refractivity contribution in [3.63, 3.8) is 0 Å². The fourth-order valence-corrected chi connectivity index (χ4v) is 2.60. The number of nitrogens with two attached hydrogens (primary N) is 2. The molecule has 22 heavy (non-hydrogen) atoms. The number of H-pyrrole nitrogens is 1. The van der Waals surface area contributed by atoms with Crippen LogP contribution in [0.15, 0.2) is 12.5 Å². The first-order valence-corrected chi connectivity index (χ1v) is 7.09. The Hall–Kier alpha value is -2.42. The zero-order valence-electron chi connectivity index (χ0n) is 12.1. The van der Waals surface area contributed by atoms with Gasteiger partial charge in [-0.05, 0) is 12.8 Å². The van der Waals surface area contributed by atoms with Crippen molar-refractivity contribution in [3.05, 3.63) is 18.2 Å². The van der Waals surface area contributed by atoms with E-state index in [4.69, 9.17) is 11.5 Å². The van der Waals surface area contributed by atoms with Crippen LogP contribution in [0.1, 0.15) is 18.5 Å². The van der Waals surface area contributed by atoms with Crippen LogP contribution in [0, 0.1) is 0 Å². The quantitative estimate of drug-likeness (QED) is 0.474.